The van der Waals surface area contributed by atoms with Gasteiger partial charge in [-0.05, 0) is 24.8 Å². The quantitative estimate of drug-likeness (QED) is 0.853. The Morgan fingerprint density at radius 2 is 2.17 bits per heavy atom. The molecule has 0 unspecified atom stereocenters. The molecule has 128 valence electrons. The lowest BCUT2D eigenvalue weighted by Gasteiger charge is -2.32. The number of nitrogens with one attached hydrogen (secondary N) is 2. The lowest BCUT2D eigenvalue weighted by atomic mass is 9.97. The molecule has 0 spiro atoms. The Morgan fingerprint density at radius 3 is 2.83 bits per heavy atom. The summed E-state index contributed by atoms with van der Waals surface area (Å²) in [5, 5.41) is 9.95. The Hall–Kier alpha value is -2.05. The van der Waals surface area contributed by atoms with E-state index < -0.39 is 0 Å². The lowest BCUT2D eigenvalue weighted by Crippen LogP contribution is -2.49. The molecule has 1 saturated heterocycles. The molecule has 1 fully saturated rings. The Bertz CT molecular complexity index is 540. The molecule has 1 aliphatic rings. The van der Waals surface area contributed by atoms with Gasteiger partial charge in [-0.25, -0.2) is 4.79 Å². The predicted octanol–water partition coefficient (Wildman–Crippen LogP) is 1.11. The highest BCUT2D eigenvalue weighted by Crippen LogP contribution is 2.17. The number of carbonyl (C=O) groups is 2. The van der Waals surface area contributed by atoms with Crippen molar-refractivity contribution in [2.75, 3.05) is 19.6 Å². The highest BCUT2D eigenvalue weighted by molar-refractivity contribution is 5.80. The first-order chi connectivity index (χ1) is 11.0. The zero-order valence-corrected chi connectivity index (χ0v) is 14.2. The number of rotatable bonds is 5. The van der Waals surface area contributed by atoms with E-state index in [4.69, 9.17) is 0 Å². The average Bonchev–Trinajstić information content (AvgIpc) is 2.95. The number of aromatic nitrogens is 2. The maximum Gasteiger partial charge on any atom is 0.317 e. The summed E-state index contributed by atoms with van der Waals surface area (Å²) in [6.45, 7) is 6.45. The zero-order valence-electron chi connectivity index (χ0n) is 14.2. The molecule has 3 amide bonds. The second kappa shape index (κ2) is 7.99. The van der Waals surface area contributed by atoms with Gasteiger partial charge in [0, 0.05) is 32.9 Å². The molecule has 1 aliphatic heterocycles. The fourth-order valence-corrected chi connectivity index (χ4v) is 2.68. The van der Waals surface area contributed by atoms with Crippen LogP contribution >= 0.6 is 0 Å². The molecular weight excluding hydrogens is 294 g/mol. The average molecular weight is 321 g/mol. The van der Waals surface area contributed by atoms with Gasteiger partial charge in [0.2, 0.25) is 5.91 Å². The second-order valence-corrected chi connectivity index (χ2v) is 6.53. The first kappa shape index (κ1) is 17.3. The molecule has 2 rings (SSSR count). The summed E-state index contributed by atoms with van der Waals surface area (Å²) in [5.74, 6) is 0.288. The zero-order chi connectivity index (χ0) is 16.8. The number of amides is 3. The van der Waals surface area contributed by atoms with E-state index in [1.54, 1.807) is 15.8 Å². The van der Waals surface area contributed by atoms with Crippen molar-refractivity contribution in [1.29, 1.82) is 0 Å². The summed E-state index contributed by atoms with van der Waals surface area (Å²) < 4.78 is 1.74. The number of carbonyl (C=O) groups excluding carboxylic acids is 2. The molecule has 7 nitrogen and oxygen atoms in total. The normalized spacial score (nSPS) is 18.1. The van der Waals surface area contributed by atoms with E-state index in [9.17, 15) is 9.59 Å². The van der Waals surface area contributed by atoms with Crippen LogP contribution in [0.25, 0.3) is 0 Å². The number of piperidine rings is 1. The molecule has 7 heteroatoms. The summed E-state index contributed by atoms with van der Waals surface area (Å²) in [5.41, 5.74) is 0.959. The first-order valence-electron chi connectivity index (χ1n) is 8.24. The predicted molar refractivity (Wildman–Crippen MR) is 87.6 cm³/mol. The van der Waals surface area contributed by atoms with Crippen LogP contribution in [0.4, 0.5) is 4.79 Å². The maximum atomic E-state index is 12.3. The van der Waals surface area contributed by atoms with Gasteiger partial charge in [-0.15, -0.1) is 0 Å². The summed E-state index contributed by atoms with van der Waals surface area (Å²) in [7, 11) is 1.85. The van der Waals surface area contributed by atoms with E-state index in [1.165, 1.54) is 0 Å². The van der Waals surface area contributed by atoms with Crippen molar-refractivity contribution in [3.63, 3.8) is 0 Å². The molecule has 2 N–H and O–H groups in total. The molecule has 23 heavy (non-hydrogen) atoms. The van der Waals surface area contributed by atoms with E-state index >= 15 is 0 Å². The van der Waals surface area contributed by atoms with Gasteiger partial charge in [-0.3, -0.25) is 9.48 Å². The van der Waals surface area contributed by atoms with Crippen LogP contribution in [0.5, 0.6) is 0 Å². The molecule has 0 saturated carbocycles. The Labute approximate surface area is 137 Å². The number of hydrogen-bond acceptors (Lipinski definition) is 3. The maximum absolute atomic E-state index is 12.3. The monoisotopic (exact) mass is 321 g/mol. The minimum Gasteiger partial charge on any atom is -0.350 e. The molecule has 0 aromatic carbocycles. The van der Waals surface area contributed by atoms with E-state index in [0.29, 0.717) is 25.6 Å². The van der Waals surface area contributed by atoms with Crippen molar-refractivity contribution >= 4 is 11.9 Å². The van der Waals surface area contributed by atoms with Crippen LogP contribution in [0.15, 0.2) is 12.3 Å². The minimum atomic E-state index is -0.137. The molecule has 0 radical (unpaired) electrons. The molecular formula is C16H27N5O2. The van der Waals surface area contributed by atoms with Gasteiger partial charge in [0.1, 0.15) is 0 Å². The smallest absolute Gasteiger partial charge is 0.317 e. The van der Waals surface area contributed by atoms with Gasteiger partial charge in [-0.1, -0.05) is 13.8 Å². The Morgan fingerprint density at radius 1 is 1.39 bits per heavy atom. The van der Waals surface area contributed by atoms with E-state index in [-0.39, 0.29) is 17.9 Å². The van der Waals surface area contributed by atoms with Crippen LogP contribution in [0.3, 0.4) is 0 Å². The van der Waals surface area contributed by atoms with Crippen molar-refractivity contribution in [1.82, 2.24) is 25.3 Å². The fraction of sp³-hybridized carbons (Fsp3) is 0.688. The van der Waals surface area contributed by atoms with E-state index in [1.807, 2.05) is 13.1 Å². The van der Waals surface area contributed by atoms with Gasteiger partial charge in [0.05, 0.1) is 18.2 Å². The van der Waals surface area contributed by atoms with Crippen LogP contribution in [-0.2, 0) is 18.4 Å². The molecule has 0 aliphatic carbocycles. The topological polar surface area (TPSA) is 79.3 Å². The molecule has 2 heterocycles. The van der Waals surface area contributed by atoms with Crippen LogP contribution < -0.4 is 10.6 Å². The van der Waals surface area contributed by atoms with Crippen molar-refractivity contribution in [2.45, 2.75) is 33.2 Å². The first-order valence-corrected chi connectivity index (χ1v) is 8.24. The third-order valence-electron chi connectivity index (χ3n) is 4.11. The fourth-order valence-electron chi connectivity index (χ4n) is 2.68. The number of urea groups is 1. The Balaban J connectivity index is 1.81. The van der Waals surface area contributed by atoms with Gasteiger partial charge < -0.3 is 15.5 Å². The third-order valence-corrected chi connectivity index (χ3v) is 4.11. The van der Waals surface area contributed by atoms with Crippen LogP contribution in [0.1, 0.15) is 32.4 Å². The van der Waals surface area contributed by atoms with E-state index in [2.05, 4.69) is 29.6 Å². The summed E-state index contributed by atoms with van der Waals surface area (Å²) >= 11 is 0. The van der Waals surface area contributed by atoms with Crippen LogP contribution in [0, 0.1) is 11.8 Å². The van der Waals surface area contributed by atoms with Crippen LogP contribution in [-0.4, -0.2) is 46.3 Å². The standard InChI is InChI=1S/C16H27N5O2/c1-12(2)9-18-16(23)21-8-4-5-13(11-21)15(22)17-10-14-6-7-19-20(14)3/h6-7,12-13H,4-5,8-11H2,1-3H3,(H,17,22)(H,18,23)/t13-/m0/s1. The highest BCUT2D eigenvalue weighted by Gasteiger charge is 2.28. The van der Waals surface area contributed by atoms with Gasteiger partial charge in [0.15, 0.2) is 0 Å². The largest absolute Gasteiger partial charge is 0.350 e. The number of likely N-dealkylation sites (tertiary alicyclic amines) is 1. The lowest BCUT2D eigenvalue weighted by molar-refractivity contribution is -0.126. The number of hydrogen-bond donors (Lipinski definition) is 2. The minimum absolute atomic E-state index is 0.00700. The van der Waals surface area contributed by atoms with Crippen molar-refractivity contribution in [2.24, 2.45) is 18.9 Å². The van der Waals surface area contributed by atoms with Gasteiger partial charge in [-0.2, -0.15) is 5.10 Å². The number of aryl methyl sites for hydroxylation is 1. The molecule has 0 bridgehead atoms. The van der Waals surface area contributed by atoms with Crippen LogP contribution in [0.2, 0.25) is 0 Å². The SMILES string of the molecule is CC(C)CNC(=O)N1CCC[C@H](C(=O)NCc2ccnn2C)C1. The van der Waals surface area contributed by atoms with E-state index in [0.717, 1.165) is 25.1 Å². The second-order valence-electron chi connectivity index (χ2n) is 6.53. The molecule has 1 aromatic heterocycles. The van der Waals surface area contributed by atoms with Gasteiger partial charge in [0.25, 0.3) is 0 Å². The Kier molecular flexibility index (Phi) is 6.01. The van der Waals surface area contributed by atoms with Crippen molar-refractivity contribution in [3.8, 4) is 0 Å². The summed E-state index contributed by atoms with van der Waals surface area (Å²) in [6.07, 6.45) is 3.40. The van der Waals surface area contributed by atoms with Gasteiger partial charge >= 0.3 is 6.03 Å². The molecule has 1 atom stereocenters. The van der Waals surface area contributed by atoms with Crippen molar-refractivity contribution in [3.05, 3.63) is 18.0 Å². The highest BCUT2D eigenvalue weighted by atomic mass is 16.2. The van der Waals surface area contributed by atoms with Crippen molar-refractivity contribution < 1.29 is 9.59 Å². The third kappa shape index (κ3) is 4.97. The molecule has 1 aromatic rings. The summed E-state index contributed by atoms with van der Waals surface area (Å²) in [4.78, 5) is 26.2. The summed E-state index contributed by atoms with van der Waals surface area (Å²) in [6, 6.07) is 1.81. The number of nitrogens with zero attached hydrogens (tertiary/aromatic N) is 3.